The molecule has 2 aromatic carbocycles. The van der Waals surface area contributed by atoms with E-state index in [0.29, 0.717) is 67.0 Å². The van der Waals surface area contributed by atoms with Crippen LogP contribution in [0, 0.1) is 0 Å². The number of carbonyl (C=O) groups excluding carboxylic acids is 2. The van der Waals surface area contributed by atoms with Gasteiger partial charge in [0, 0.05) is 46.2 Å². The number of aromatic nitrogens is 3. The first kappa shape index (κ1) is 43.1. The Morgan fingerprint density at radius 3 is 2.30 bits per heavy atom. The molecule has 1 N–H and O–H groups in total. The van der Waals surface area contributed by atoms with Crippen molar-refractivity contribution in [3.8, 4) is 28.4 Å². The summed E-state index contributed by atoms with van der Waals surface area (Å²) >= 11 is 6.92. The maximum absolute atomic E-state index is 12.9. The molecule has 0 saturated carbocycles. The quantitative estimate of drug-likeness (QED) is 0.0641. The maximum Gasteiger partial charge on any atom is 0.410 e. The number of carbonyl (C=O) groups is 2. The number of benzene rings is 2. The Kier molecular flexibility index (Phi) is 14.9. The molecule has 3 heterocycles. The minimum atomic E-state index is -1.31. The predicted octanol–water partition coefficient (Wildman–Crippen LogP) is 7.58. The average Bonchev–Trinajstić information content (AvgIpc) is 3.48. The van der Waals surface area contributed by atoms with Gasteiger partial charge in [0.05, 0.1) is 49.8 Å². The Balaban J connectivity index is 1.33. The van der Waals surface area contributed by atoms with Crippen LogP contribution in [-0.2, 0) is 41.8 Å². The summed E-state index contributed by atoms with van der Waals surface area (Å²) < 4.78 is 35.9. The van der Waals surface area contributed by atoms with E-state index in [1.807, 2.05) is 79.9 Å². The van der Waals surface area contributed by atoms with E-state index < -0.39 is 31.8 Å². The van der Waals surface area contributed by atoms with Gasteiger partial charge in [0.25, 0.3) is 0 Å². The predicted molar refractivity (Wildman–Crippen MR) is 217 cm³/mol. The molecule has 15 heteroatoms. The lowest BCUT2D eigenvalue weighted by atomic mass is 10.0. The Labute approximate surface area is 335 Å². The van der Waals surface area contributed by atoms with Crippen molar-refractivity contribution < 1.29 is 43.1 Å². The van der Waals surface area contributed by atoms with Crippen molar-refractivity contribution in [1.82, 2.24) is 19.4 Å². The fourth-order valence-electron chi connectivity index (χ4n) is 6.02. The molecular formula is C41H55ClN4O9Si. The minimum Gasteiger partial charge on any atom is -0.467 e. The maximum atomic E-state index is 12.9. The van der Waals surface area contributed by atoms with Gasteiger partial charge in [0.1, 0.15) is 18.4 Å². The smallest absolute Gasteiger partial charge is 0.410 e. The summed E-state index contributed by atoms with van der Waals surface area (Å²) in [6.07, 6.45) is -0.513. The number of nitrogens with zero attached hydrogens (tertiary/aromatic N) is 4. The van der Waals surface area contributed by atoms with Gasteiger partial charge in [-0.15, -0.1) is 0 Å². The molecule has 0 aliphatic carbocycles. The average molecular weight is 811 g/mol. The summed E-state index contributed by atoms with van der Waals surface area (Å²) in [6.45, 7) is 14.7. The van der Waals surface area contributed by atoms with Crippen molar-refractivity contribution >= 4 is 42.9 Å². The highest BCUT2D eigenvalue weighted by molar-refractivity contribution is 6.76. The number of amides is 1. The zero-order valence-electron chi connectivity index (χ0n) is 33.5. The van der Waals surface area contributed by atoms with Gasteiger partial charge in [0.15, 0.2) is 11.8 Å². The van der Waals surface area contributed by atoms with Gasteiger partial charge in [-0.05, 0) is 49.6 Å². The van der Waals surface area contributed by atoms with E-state index in [1.54, 1.807) is 4.90 Å². The molecule has 56 heavy (non-hydrogen) atoms. The fraction of sp³-hybridized carbons (Fsp3) is 0.512. The summed E-state index contributed by atoms with van der Waals surface area (Å²) in [6, 6.07) is 19.2. The molecule has 5 rings (SSSR count). The number of pyridine rings is 1. The minimum absolute atomic E-state index is 0.0799. The van der Waals surface area contributed by atoms with Crippen LogP contribution in [0.15, 0.2) is 54.6 Å². The molecular weight excluding hydrogens is 756 g/mol. The standard InChI is InChI=1S/C41H55ClN4O9Si/c1-41(2,3)55-40(49)45(17-20-51-21-18-47)26-28-8-10-29(11-9-28)30-12-14-31(15-13-30)36-33(42)25-34-37(43-36)44-39(46(34)27-52-22-23-56(5,6)7)54-32-16-19-53-35(24-32)38(48)50-4/h8-15,25,32,35,47H,16-24,26-27H2,1-7H3/t32-,35-/m0/s1. The van der Waals surface area contributed by atoms with Crippen LogP contribution in [0.3, 0.4) is 0 Å². The number of aliphatic hydroxyl groups excluding tert-OH is 1. The number of aliphatic hydroxyl groups is 1. The largest absolute Gasteiger partial charge is 0.467 e. The van der Waals surface area contributed by atoms with Gasteiger partial charge < -0.3 is 38.4 Å². The second kappa shape index (κ2) is 19.4. The number of halogens is 1. The summed E-state index contributed by atoms with van der Waals surface area (Å²) in [4.78, 5) is 36.4. The van der Waals surface area contributed by atoms with Crippen molar-refractivity contribution in [3.05, 3.63) is 65.2 Å². The first-order valence-electron chi connectivity index (χ1n) is 19.0. The Bertz CT molecular complexity index is 1910. The molecule has 2 aromatic heterocycles. The molecule has 4 aromatic rings. The number of esters is 1. The van der Waals surface area contributed by atoms with E-state index in [4.69, 9.17) is 55.1 Å². The number of hydrogen-bond donors (Lipinski definition) is 1. The van der Waals surface area contributed by atoms with Crippen LogP contribution in [0.4, 0.5) is 4.79 Å². The first-order valence-corrected chi connectivity index (χ1v) is 23.1. The van der Waals surface area contributed by atoms with Crippen LogP contribution in [-0.4, -0.2) is 109 Å². The second-order valence-corrected chi connectivity index (χ2v) is 22.0. The van der Waals surface area contributed by atoms with Gasteiger partial charge in [-0.25, -0.2) is 14.6 Å². The molecule has 1 aliphatic heterocycles. The Hall–Kier alpha value is -4.05. The zero-order chi connectivity index (χ0) is 40.5. The SMILES string of the molecule is COC(=O)[C@@H]1C[C@@H](Oc2nc3nc(-c4ccc(-c5ccc(CN(CCOCCO)C(=O)OC(C)(C)C)cc5)cc4)c(Cl)cc3n2COCC[Si](C)(C)C)CCO1. The topological polar surface area (TPSA) is 144 Å². The third-order valence-corrected chi connectivity index (χ3v) is 11.1. The molecule has 0 unspecified atom stereocenters. The summed E-state index contributed by atoms with van der Waals surface area (Å²) in [5, 5.41) is 9.49. The van der Waals surface area contributed by atoms with Crippen LogP contribution in [0.2, 0.25) is 30.7 Å². The third-order valence-electron chi connectivity index (χ3n) is 9.06. The molecule has 1 saturated heterocycles. The highest BCUT2D eigenvalue weighted by Crippen LogP contribution is 2.34. The molecule has 2 atom stereocenters. The van der Waals surface area contributed by atoms with Gasteiger partial charge in [0.2, 0.25) is 0 Å². The fourth-order valence-corrected chi connectivity index (χ4v) is 7.03. The summed E-state index contributed by atoms with van der Waals surface area (Å²) in [7, 11) is 0.0365. The van der Waals surface area contributed by atoms with Gasteiger partial charge in [-0.3, -0.25) is 4.57 Å². The van der Waals surface area contributed by atoms with E-state index in [9.17, 15) is 9.59 Å². The van der Waals surface area contributed by atoms with Crippen LogP contribution < -0.4 is 4.74 Å². The molecule has 0 spiro atoms. The van der Waals surface area contributed by atoms with E-state index in [2.05, 4.69) is 19.6 Å². The van der Waals surface area contributed by atoms with Crippen LogP contribution in [0.25, 0.3) is 33.5 Å². The number of fused-ring (bicyclic) bond motifs is 1. The van der Waals surface area contributed by atoms with Crippen LogP contribution in [0.1, 0.15) is 39.2 Å². The molecule has 13 nitrogen and oxygen atoms in total. The number of imidazole rings is 1. The number of rotatable bonds is 17. The van der Waals surface area contributed by atoms with E-state index in [0.717, 1.165) is 28.3 Å². The molecule has 1 amide bonds. The first-order chi connectivity index (χ1) is 26.6. The van der Waals surface area contributed by atoms with Gasteiger partial charge in [-0.1, -0.05) is 79.8 Å². The lowest BCUT2D eigenvalue weighted by molar-refractivity contribution is -0.160. The zero-order valence-corrected chi connectivity index (χ0v) is 35.3. The molecule has 304 valence electrons. The normalized spacial score (nSPS) is 16.2. The van der Waals surface area contributed by atoms with Crippen LogP contribution >= 0.6 is 11.6 Å². The van der Waals surface area contributed by atoms with Crippen molar-refractivity contribution in [3.63, 3.8) is 0 Å². The second-order valence-electron chi connectivity index (χ2n) is 16.0. The van der Waals surface area contributed by atoms with E-state index in [1.165, 1.54) is 7.11 Å². The monoisotopic (exact) mass is 810 g/mol. The van der Waals surface area contributed by atoms with Crippen molar-refractivity contribution in [1.29, 1.82) is 0 Å². The lowest BCUT2D eigenvalue weighted by Gasteiger charge is -2.28. The summed E-state index contributed by atoms with van der Waals surface area (Å²) in [5.74, 6) is -0.428. The lowest BCUT2D eigenvalue weighted by Crippen LogP contribution is -2.38. The van der Waals surface area contributed by atoms with Crippen molar-refractivity contribution in [2.75, 3.05) is 46.7 Å². The van der Waals surface area contributed by atoms with Crippen molar-refractivity contribution in [2.45, 2.75) is 90.4 Å². The summed E-state index contributed by atoms with van der Waals surface area (Å²) in [5.41, 5.74) is 4.85. The van der Waals surface area contributed by atoms with Gasteiger partial charge in [-0.2, -0.15) is 4.98 Å². The Morgan fingerprint density at radius 1 is 0.982 bits per heavy atom. The molecule has 1 aliphatic rings. The Morgan fingerprint density at radius 2 is 1.66 bits per heavy atom. The number of hydrogen-bond acceptors (Lipinski definition) is 11. The van der Waals surface area contributed by atoms with E-state index >= 15 is 0 Å². The highest BCUT2D eigenvalue weighted by Gasteiger charge is 2.31. The number of ether oxygens (including phenoxy) is 6. The molecule has 0 bridgehead atoms. The molecule has 0 radical (unpaired) electrons. The number of methoxy groups -OCH3 is 1. The van der Waals surface area contributed by atoms with Crippen LogP contribution in [0.5, 0.6) is 6.01 Å². The van der Waals surface area contributed by atoms with E-state index in [-0.39, 0.29) is 32.7 Å². The molecule has 1 fully saturated rings. The third kappa shape index (κ3) is 12.2. The van der Waals surface area contributed by atoms with Crippen molar-refractivity contribution in [2.24, 2.45) is 0 Å². The highest BCUT2D eigenvalue weighted by atomic mass is 35.5. The van der Waals surface area contributed by atoms with Gasteiger partial charge >= 0.3 is 18.1 Å².